The third-order valence-corrected chi connectivity index (χ3v) is 8.04. The Morgan fingerprint density at radius 3 is 2.45 bits per heavy atom. The molecule has 1 saturated carbocycles. The first-order valence-electron chi connectivity index (χ1n) is 15.1. The highest BCUT2D eigenvalue weighted by molar-refractivity contribution is 5.97. The number of likely N-dealkylation sites (N-methyl/N-ethyl adjacent to an activating group) is 1. The molecular formula is C30H45N9O3. The molecule has 2 aliphatic rings. The van der Waals surface area contributed by atoms with Crippen molar-refractivity contribution in [3.8, 4) is 0 Å². The highest BCUT2D eigenvalue weighted by atomic mass is 16.5. The van der Waals surface area contributed by atoms with Gasteiger partial charge in [0.1, 0.15) is 17.2 Å². The molecule has 3 aromatic heterocycles. The van der Waals surface area contributed by atoms with Gasteiger partial charge in [-0.2, -0.15) is 4.98 Å². The van der Waals surface area contributed by atoms with Crippen LogP contribution in [0.5, 0.6) is 0 Å². The number of pyridine rings is 1. The smallest absolute Gasteiger partial charge is 0.270 e. The summed E-state index contributed by atoms with van der Waals surface area (Å²) in [6.07, 6.45) is 8.15. The van der Waals surface area contributed by atoms with Crippen LogP contribution < -0.4 is 15.5 Å². The minimum Gasteiger partial charge on any atom is -0.378 e. The quantitative estimate of drug-likeness (QED) is 0.277. The van der Waals surface area contributed by atoms with Gasteiger partial charge in [-0.3, -0.25) is 9.69 Å². The van der Waals surface area contributed by atoms with Gasteiger partial charge in [0, 0.05) is 71.0 Å². The number of fused-ring (bicyclic) bond motifs is 1. The summed E-state index contributed by atoms with van der Waals surface area (Å²) in [7, 11) is 5.49. The van der Waals surface area contributed by atoms with Gasteiger partial charge >= 0.3 is 0 Å². The lowest BCUT2D eigenvalue weighted by Crippen LogP contribution is -2.47. The van der Waals surface area contributed by atoms with Crippen LogP contribution in [-0.4, -0.2) is 122 Å². The maximum absolute atomic E-state index is 13.0. The normalized spacial score (nSPS) is 16.4. The molecule has 12 heteroatoms. The molecule has 1 aliphatic heterocycles. The van der Waals surface area contributed by atoms with E-state index in [0.29, 0.717) is 37.3 Å². The first-order chi connectivity index (χ1) is 20.5. The number of anilines is 3. The van der Waals surface area contributed by atoms with Crippen molar-refractivity contribution >= 4 is 34.4 Å². The molecule has 0 aromatic carbocycles. The molecule has 4 heterocycles. The minimum atomic E-state index is -0.0118. The van der Waals surface area contributed by atoms with E-state index in [9.17, 15) is 4.79 Å². The SMILES string of the molecule is CNCCOCCOCCN1CCN(c2ccc(Nc3ncc4cc(C(=O)N(C)C)n(C5CCCC5)c4n3)nc2)CC1. The van der Waals surface area contributed by atoms with E-state index < -0.39 is 0 Å². The number of amides is 1. The van der Waals surface area contributed by atoms with Crippen molar-refractivity contribution < 1.29 is 14.3 Å². The molecule has 0 unspecified atom stereocenters. The van der Waals surface area contributed by atoms with Gasteiger partial charge in [0.05, 0.1) is 38.3 Å². The van der Waals surface area contributed by atoms with E-state index in [1.54, 1.807) is 25.2 Å². The Morgan fingerprint density at radius 1 is 1.00 bits per heavy atom. The molecule has 3 aromatic rings. The third-order valence-electron chi connectivity index (χ3n) is 8.04. The van der Waals surface area contributed by atoms with Crippen molar-refractivity contribution in [1.82, 2.24) is 34.6 Å². The number of hydrogen-bond donors (Lipinski definition) is 2. The Hall–Kier alpha value is -3.32. The van der Waals surface area contributed by atoms with Gasteiger partial charge in [-0.25, -0.2) is 9.97 Å². The van der Waals surface area contributed by atoms with Crippen LogP contribution in [0.15, 0.2) is 30.6 Å². The standard InChI is InChI=1S/C30H45N9O3/c1-31-10-16-41-18-19-42-17-15-37-11-13-38(14-12-37)25-8-9-27(32-22-25)34-30-33-21-23-20-26(29(40)36(2)3)39(28(23)35-30)24-6-4-5-7-24/h8-9,20-22,24,31H,4-7,10-19H2,1-3H3,(H,32,33,34,35). The third kappa shape index (κ3) is 7.54. The van der Waals surface area contributed by atoms with Gasteiger partial charge in [0.2, 0.25) is 5.95 Å². The van der Waals surface area contributed by atoms with Crippen LogP contribution >= 0.6 is 0 Å². The van der Waals surface area contributed by atoms with Gasteiger partial charge < -0.3 is 34.5 Å². The fourth-order valence-corrected chi connectivity index (χ4v) is 5.68. The number of nitrogens with zero attached hydrogens (tertiary/aromatic N) is 7. The molecule has 0 bridgehead atoms. The number of rotatable bonds is 14. The lowest BCUT2D eigenvalue weighted by atomic mass is 10.2. The van der Waals surface area contributed by atoms with E-state index in [0.717, 1.165) is 75.4 Å². The van der Waals surface area contributed by atoms with Crippen molar-refractivity contribution in [2.45, 2.75) is 31.7 Å². The van der Waals surface area contributed by atoms with Crippen molar-refractivity contribution in [1.29, 1.82) is 0 Å². The number of nitrogens with one attached hydrogen (secondary N) is 2. The van der Waals surface area contributed by atoms with Crippen molar-refractivity contribution in [3.63, 3.8) is 0 Å². The fraction of sp³-hybridized carbons (Fsp3) is 0.600. The first-order valence-corrected chi connectivity index (χ1v) is 15.1. The zero-order chi connectivity index (χ0) is 29.3. The maximum Gasteiger partial charge on any atom is 0.270 e. The molecule has 1 aliphatic carbocycles. The number of hydrogen-bond acceptors (Lipinski definition) is 10. The van der Waals surface area contributed by atoms with Crippen LogP contribution in [0, 0.1) is 0 Å². The van der Waals surface area contributed by atoms with Crippen molar-refractivity contribution in [2.75, 3.05) is 97.1 Å². The molecule has 5 rings (SSSR count). The average Bonchev–Trinajstić information content (AvgIpc) is 3.67. The lowest BCUT2D eigenvalue weighted by Gasteiger charge is -2.35. The van der Waals surface area contributed by atoms with Gasteiger partial charge in [-0.1, -0.05) is 12.8 Å². The molecular weight excluding hydrogens is 534 g/mol. The Labute approximate surface area is 248 Å². The summed E-state index contributed by atoms with van der Waals surface area (Å²) in [5.41, 5.74) is 2.57. The second kappa shape index (κ2) is 14.7. The second-order valence-electron chi connectivity index (χ2n) is 11.2. The lowest BCUT2D eigenvalue weighted by molar-refractivity contribution is 0.0393. The zero-order valence-corrected chi connectivity index (χ0v) is 25.2. The van der Waals surface area contributed by atoms with Gasteiger partial charge in [0.15, 0.2) is 0 Å². The van der Waals surface area contributed by atoms with Crippen LogP contribution in [0.25, 0.3) is 11.0 Å². The summed E-state index contributed by atoms with van der Waals surface area (Å²) in [4.78, 5) is 33.4. The minimum absolute atomic E-state index is 0.0118. The topological polar surface area (TPSA) is 113 Å². The summed E-state index contributed by atoms with van der Waals surface area (Å²) in [6, 6.07) is 6.26. The zero-order valence-electron chi connectivity index (χ0n) is 25.2. The van der Waals surface area contributed by atoms with Gasteiger partial charge in [-0.15, -0.1) is 0 Å². The Kier molecular flexibility index (Phi) is 10.6. The number of ether oxygens (including phenoxy) is 2. The molecule has 0 radical (unpaired) electrons. The van der Waals surface area contributed by atoms with Gasteiger partial charge in [0.25, 0.3) is 5.91 Å². The van der Waals surface area contributed by atoms with E-state index >= 15 is 0 Å². The highest BCUT2D eigenvalue weighted by Crippen LogP contribution is 2.35. The number of aromatic nitrogens is 4. The van der Waals surface area contributed by atoms with Gasteiger partial charge in [-0.05, 0) is 38.1 Å². The number of piperazine rings is 1. The van der Waals surface area contributed by atoms with E-state index in [-0.39, 0.29) is 11.9 Å². The summed E-state index contributed by atoms with van der Waals surface area (Å²) >= 11 is 0. The highest BCUT2D eigenvalue weighted by Gasteiger charge is 2.26. The Morgan fingerprint density at radius 2 is 1.76 bits per heavy atom. The molecule has 0 atom stereocenters. The summed E-state index contributed by atoms with van der Waals surface area (Å²) in [5.74, 6) is 1.15. The first kappa shape index (κ1) is 30.1. The predicted octanol–water partition coefficient (Wildman–Crippen LogP) is 2.76. The average molecular weight is 580 g/mol. The molecule has 1 amide bonds. The fourth-order valence-electron chi connectivity index (χ4n) is 5.68. The molecule has 42 heavy (non-hydrogen) atoms. The van der Waals surface area contributed by atoms with Crippen LogP contribution in [0.2, 0.25) is 0 Å². The summed E-state index contributed by atoms with van der Waals surface area (Å²) < 4.78 is 13.3. The van der Waals surface area contributed by atoms with E-state index in [2.05, 4.69) is 41.0 Å². The van der Waals surface area contributed by atoms with Crippen LogP contribution in [0.4, 0.5) is 17.5 Å². The van der Waals surface area contributed by atoms with Crippen molar-refractivity contribution in [3.05, 3.63) is 36.3 Å². The summed E-state index contributed by atoms with van der Waals surface area (Å²) in [5, 5.41) is 7.20. The van der Waals surface area contributed by atoms with Crippen molar-refractivity contribution in [2.24, 2.45) is 0 Å². The molecule has 12 nitrogen and oxygen atoms in total. The molecule has 2 fully saturated rings. The van der Waals surface area contributed by atoms with E-state index in [4.69, 9.17) is 14.5 Å². The molecule has 228 valence electrons. The molecule has 1 saturated heterocycles. The summed E-state index contributed by atoms with van der Waals surface area (Å²) in [6.45, 7) is 8.41. The Bertz CT molecular complexity index is 1280. The number of carbonyl (C=O) groups is 1. The maximum atomic E-state index is 13.0. The largest absolute Gasteiger partial charge is 0.378 e. The van der Waals surface area contributed by atoms with Crippen LogP contribution in [0.3, 0.4) is 0 Å². The van der Waals surface area contributed by atoms with E-state index in [1.165, 1.54) is 12.8 Å². The second-order valence-corrected chi connectivity index (χ2v) is 11.2. The Balaban J connectivity index is 1.14. The monoisotopic (exact) mass is 579 g/mol. The molecule has 0 spiro atoms. The van der Waals surface area contributed by atoms with Crippen LogP contribution in [-0.2, 0) is 9.47 Å². The predicted molar refractivity (Wildman–Crippen MR) is 165 cm³/mol. The molecule has 2 N–H and O–H groups in total. The number of carbonyl (C=O) groups excluding carboxylic acids is 1. The van der Waals surface area contributed by atoms with Crippen LogP contribution in [0.1, 0.15) is 42.2 Å². The van der Waals surface area contributed by atoms with E-state index in [1.807, 2.05) is 25.4 Å².